The van der Waals surface area contributed by atoms with Crippen LogP contribution in [0.5, 0.6) is 0 Å². The number of aliphatic hydroxyl groups excluding tert-OH is 1. The van der Waals surface area contributed by atoms with Crippen LogP contribution in [0.3, 0.4) is 0 Å². The molecule has 1 aromatic heterocycles. The van der Waals surface area contributed by atoms with E-state index in [0.29, 0.717) is 5.56 Å². The molecule has 2 aliphatic rings. The Balaban J connectivity index is 2.09. The number of pyridine rings is 1. The monoisotopic (exact) mass is 406 g/mol. The summed E-state index contributed by atoms with van der Waals surface area (Å²) in [7, 11) is 0. The Hall–Kier alpha value is -2.13. The molecule has 0 bridgehead atoms. The molecule has 5 nitrogen and oxygen atoms in total. The van der Waals surface area contributed by atoms with Gasteiger partial charge in [0.1, 0.15) is 17.4 Å². The molecule has 1 aliphatic carbocycles. The molecule has 146 valence electrons. The van der Waals surface area contributed by atoms with Crippen molar-refractivity contribution in [1.29, 1.82) is 0 Å². The van der Waals surface area contributed by atoms with Gasteiger partial charge in [0.05, 0.1) is 5.02 Å². The highest BCUT2D eigenvalue weighted by Gasteiger charge is 2.59. The Morgan fingerprint density at radius 2 is 2.11 bits per heavy atom. The number of aromatic nitrogens is 1. The maximum absolute atomic E-state index is 14.2. The van der Waals surface area contributed by atoms with Crippen LogP contribution in [0.15, 0.2) is 41.9 Å². The van der Waals surface area contributed by atoms with Crippen molar-refractivity contribution in [3.8, 4) is 0 Å². The second kappa shape index (κ2) is 6.79. The van der Waals surface area contributed by atoms with Crippen LogP contribution >= 0.6 is 11.6 Å². The van der Waals surface area contributed by atoms with Crippen molar-refractivity contribution in [2.24, 2.45) is 0 Å². The molecule has 1 N–H and O–H groups in total. The highest BCUT2D eigenvalue weighted by atomic mass is 35.5. The van der Waals surface area contributed by atoms with E-state index >= 15 is 0 Å². The molecule has 2 atom stereocenters. The summed E-state index contributed by atoms with van der Waals surface area (Å²) in [6, 6.07) is 1.45. The maximum atomic E-state index is 14.2. The summed E-state index contributed by atoms with van der Waals surface area (Å²) in [6.07, 6.45) is -4.53. The average molecular weight is 407 g/mol. The van der Waals surface area contributed by atoms with Gasteiger partial charge < -0.3 is 14.7 Å². The van der Waals surface area contributed by atoms with E-state index < -0.39 is 41.4 Å². The number of aliphatic hydroxyl groups is 1. The normalized spacial score (nSPS) is 25.5. The zero-order valence-electron chi connectivity index (χ0n) is 14.0. The maximum Gasteiger partial charge on any atom is 0.482 e. The molecule has 0 saturated carbocycles. The molecule has 1 amide bonds. The minimum absolute atomic E-state index is 0.0393. The van der Waals surface area contributed by atoms with Crippen LogP contribution in [0, 0.1) is 0 Å². The molecule has 10 heteroatoms. The van der Waals surface area contributed by atoms with Crippen LogP contribution in [0.4, 0.5) is 17.6 Å². The summed E-state index contributed by atoms with van der Waals surface area (Å²) in [4.78, 5) is 17.0. The van der Waals surface area contributed by atoms with Gasteiger partial charge in [0.15, 0.2) is 0 Å². The van der Waals surface area contributed by atoms with E-state index in [4.69, 9.17) is 11.6 Å². The number of morpholine rings is 1. The van der Waals surface area contributed by atoms with Gasteiger partial charge >= 0.3 is 12.0 Å². The summed E-state index contributed by atoms with van der Waals surface area (Å²) in [5.41, 5.74) is -1.60. The van der Waals surface area contributed by atoms with Crippen LogP contribution in [0.25, 0.3) is 0 Å². The van der Waals surface area contributed by atoms with E-state index in [9.17, 15) is 27.5 Å². The van der Waals surface area contributed by atoms with E-state index in [-0.39, 0.29) is 18.0 Å². The summed E-state index contributed by atoms with van der Waals surface area (Å²) in [5.74, 6) is -2.17. The topological polar surface area (TPSA) is 62.7 Å². The second-order valence-electron chi connectivity index (χ2n) is 6.47. The van der Waals surface area contributed by atoms with Gasteiger partial charge in [-0.3, -0.25) is 9.78 Å². The highest BCUT2D eigenvalue weighted by Crippen LogP contribution is 2.46. The summed E-state index contributed by atoms with van der Waals surface area (Å²) in [5, 5.41) is 9.99. The van der Waals surface area contributed by atoms with E-state index in [1.165, 1.54) is 31.5 Å². The van der Waals surface area contributed by atoms with Crippen molar-refractivity contribution in [2.75, 3.05) is 0 Å². The van der Waals surface area contributed by atoms with Crippen molar-refractivity contribution in [3.63, 3.8) is 0 Å². The Kier molecular flexibility index (Phi) is 4.94. The number of fused-ring (bicyclic) bond motifs is 1. The predicted octanol–water partition coefficient (Wildman–Crippen LogP) is 3.29. The quantitative estimate of drug-likeness (QED) is 0.779. The Morgan fingerprint density at radius 1 is 1.41 bits per heavy atom. The number of hydrogen-bond acceptors (Lipinski definition) is 4. The van der Waals surface area contributed by atoms with Crippen molar-refractivity contribution >= 4 is 17.5 Å². The molecular formula is C17H15ClF4N2O3. The number of ether oxygens (including phenoxy) is 1. The minimum Gasteiger partial charge on any atom is -0.427 e. The summed E-state index contributed by atoms with van der Waals surface area (Å²) in [6.45, 7) is 1.12. The van der Waals surface area contributed by atoms with Gasteiger partial charge in [-0.25, -0.2) is 8.78 Å². The van der Waals surface area contributed by atoms with Crippen molar-refractivity contribution in [1.82, 2.24) is 9.88 Å². The van der Waals surface area contributed by atoms with Crippen molar-refractivity contribution in [2.45, 2.75) is 44.1 Å². The molecule has 2 heterocycles. The van der Waals surface area contributed by atoms with Gasteiger partial charge in [0.2, 0.25) is 0 Å². The Labute approximate surface area is 156 Å². The molecule has 0 radical (unpaired) electrons. The van der Waals surface area contributed by atoms with Crippen molar-refractivity contribution < 1.29 is 32.2 Å². The predicted molar refractivity (Wildman–Crippen MR) is 87.0 cm³/mol. The first-order chi connectivity index (χ1) is 12.6. The van der Waals surface area contributed by atoms with Crippen LogP contribution in [0.2, 0.25) is 5.02 Å². The first-order valence-electron chi connectivity index (χ1n) is 7.92. The number of amides is 1. The lowest BCUT2D eigenvalue weighted by molar-refractivity contribution is -0.254. The molecular weight excluding hydrogens is 392 g/mol. The molecule has 1 aliphatic heterocycles. The van der Waals surface area contributed by atoms with Crippen LogP contribution in [-0.4, -0.2) is 45.1 Å². The lowest BCUT2D eigenvalue weighted by atomic mass is 9.82. The first-order valence-corrected chi connectivity index (χ1v) is 8.30. The van der Waals surface area contributed by atoms with Crippen LogP contribution in [-0.2, 0) is 16.1 Å². The summed E-state index contributed by atoms with van der Waals surface area (Å²) < 4.78 is 59.0. The third-order valence-corrected chi connectivity index (χ3v) is 4.75. The highest BCUT2D eigenvalue weighted by molar-refractivity contribution is 6.30. The van der Waals surface area contributed by atoms with Crippen molar-refractivity contribution in [3.05, 3.63) is 52.5 Å². The number of hydrogen-bond donors (Lipinski definition) is 1. The fourth-order valence-electron chi connectivity index (χ4n) is 3.19. The number of alkyl halides is 4. The number of carbonyl (C=O) groups excluding carboxylic acids is 1. The SMILES string of the molecule is CC12CC=CC([C@@H](O)C(F)F)=C1OC(F)(F)C(=O)N2Cc1cncc(Cl)c1. The molecule has 1 unspecified atom stereocenters. The average Bonchev–Trinajstić information content (AvgIpc) is 2.59. The largest absolute Gasteiger partial charge is 0.482 e. The van der Waals surface area contributed by atoms with E-state index in [1.807, 2.05) is 0 Å². The standard InChI is InChI=1S/C17H15ClF4N2O3/c1-16-4-2-3-11(12(25)14(19)20)13(16)27-17(21,22)15(26)24(16)8-9-5-10(18)7-23-6-9/h2-3,5-7,12,14,25H,4,8H2,1H3/t12-,16?/m1/s1. The van der Waals surface area contributed by atoms with E-state index in [0.717, 1.165) is 11.0 Å². The molecule has 0 spiro atoms. The number of rotatable bonds is 4. The third-order valence-electron chi connectivity index (χ3n) is 4.54. The molecule has 1 fully saturated rings. The van der Waals surface area contributed by atoms with E-state index in [1.54, 1.807) is 0 Å². The first kappa shape index (κ1) is 19.6. The van der Waals surface area contributed by atoms with Gasteiger partial charge in [-0.1, -0.05) is 23.8 Å². The number of carbonyl (C=O) groups is 1. The zero-order chi connectivity index (χ0) is 20.0. The number of nitrogens with zero attached hydrogens (tertiary/aromatic N) is 2. The van der Waals surface area contributed by atoms with Gasteiger partial charge in [-0.15, -0.1) is 0 Å². The Bertz CT molecular complexity index is 830. The second-order valence-corrected chi connectivity index (χ2v) is 6.90. The van der Waals surface area contributed by atoms with Gasteiger partial charge in [0, 0.05) is 24.5 Å². The minimum atomic E-state index is -4.26. The van der Waals surface area contributed by atoms with E-state index in [2.05, 4.69) is 9.72 Å². The Morgan fingerprint density at radius 3 is 2.74 bits per heavy atom. The van der Waals surface area contributed by atoms with Crippen LogP contribution < -0.4 is 0 Å². The molecule has 27 heavy (non-hydrogen) atoms. The molecule has 3 rings (SSSR count). The summed E-state index contributed by atoms with van der Waals surface area (Å²) >= 11 is 5.85. The lowest BCUT2D eigenvalue weighted by Gasteiger charge is -2.49. The van der Waals surface area contributed by atoms with Crippen LogP contribution in [0.1, 0.15) is 18.9 Å². The smallest absolute Gasteiger partial charge is 0.427 e. The number of halogens is 5. The zero-order valence-corrected chi connectivity index (χ0v) is 14.8. The van der Waals surface area contributed by atoms with Gasteiger partial charge in [-0.2, -0.15) is 8.78 Å². The molecule has 1 saturated heterocycles. The fraction of sp³-hybridized carbons (Fsp3) is 0.412. The third kappa shape index (κ3) is 3.41. The molecule has 1 aromatic rings. The fourth-order valence-corrected chi connectivity index (χ4v) is 3.39. The lowest BCUT2D eigenvalue weighted by Crippen LogP contribution is -2.62. The van der Waals surface area contributed by atoms with Gasteiger partial charge in [0.25, 0.3) is 6.43 Å². The van der Waals surface area contributed by atoms with Gasteiger partial charge in [-0.05, 0) is 25.0 Å². The molecule has 0 aromatic carbocycles.